The minimum absolute atomic E-state index is 0.468. The summed E-state index contributed by atoms with van der Waals surface area (Å²) in [7, 11) is 0. The number of halogens is 2. The van der Waals surface area contributed by atoms with Crippen LogP contribution in [0.25, 0.3) is 0 Å². The van der Waals surface area contributed by atoms with Gasteiger partial charge in [0.15, 0.2) is 0 Å². The van der Waals surface area contributed by atoms with Crippen molar-refractivity contribution in [2.45, 2.75) is 6.61 Å². The van der Waals surface area contributed by atoms with E-state index in [-0.39, 0.29) is 0 Å². The smallest absolute Gasteiger partial charge is 0.390 e. The standard InChI is InChI=1S/C6H4F2N2O3/c7-6(8)13-5-3-1-2-4(9-5)10(11)12/h1-3,6H. The predicted molar refractivity (Wildman–Crippen MR) is 37.5 cm³/mol. The Balaban J connectivity index is 2.85. The Morgan fingerprint density at radius 2 is 2.23 bits per heavy atom. The summed E-state index contributed by atoms with van der Waals surface area (Å²) in [4.78, 5) is 12.6. The summed E-state index contributed by atoms with van der Waals surface area (Å²) in [6.07, 6.45) is 0. The molecule has 1 heterocycles. The van der Waals surface area contributed by atoms with Gasteiger partial charge in [0.05, 0.1) is 0 Å². The Hall–Kier alpha value is -1.79. The molecule has 5 nitrogen and oxygen atoms in total. The van der Waals surface area contributed by atoms with Crippen molar-refractivity contribution in [3.8, 4) is 5.88 Å². The zero-order chi connectivity index (χ0) is 9.84. The molecule has 0 aliphatic heterocycles. The Kier molecular flexibility index (Phi) is 2.68. The van der Waals surface area contributed by atoms with Gasteiger partial charge < -0.3 is 14.9 Å². The molecule has 13 heavy (non-hydrogen) atoms. The lowest BCUT2D eigenvalue weighted by atomic mass is 10.4. The van der Waals surface area contributed by atoms with Crippen molar-refractivity contribution in [1.29, 1.82) is 0 Å². The van der Waals surface area contributed by atoms with Gasteiger partial charge in [-0.2, -0.15) is 8.78 Å². The van der Waals surface area contributed by atoms with E-state index in [1.165, 1.54) is 6.07 Å². The molecule has 0 radical (unpaired) electrons. The molecule has 0 aromatic carbocycles. The van der Waals surface area contributed by atoms with E-state index in [9.17, 15) is 18.9 Å². The van der Waals surface area contributed by atoms with E-state index in [0.717, 1.165) is 12.1 Å². The quantitative estimate of drug-likeness (QED) is 0.536. The third-order valence-electron chi connectivity index (χ3n) is 1.11. The molecule has 0 saturated carbocycles. The number of nitro groups is 1. The number of ether oxygens (including phenoxy) is 1. The molecule has 70 valence electrons. The summed E-state index contributed by atoms with van der Waals surface area (Å²) in [6.45, 7) is -3.03. The lowest BCUT2D eigenvalue weighted by Crippen LogP contribution is -2.04. The van der Waals surface area contributed by atoms with Crippen LogP contribution in [0.15, 0.2) is 18.2 Å². The lowest BCUT2D eigenvalue weighted by Gasteiger charge is -1.98. The number of nitrogens with zero attached hydrogens (tertiary/aromatic N) is 2. The second-order valence-electron chi connectivity index (χ2n) is 1.97. The molecule has 1 rings (SSSR count). The van der Waals surface area contributed by atoms with Crippen LogP contribution >= 0.6 is 0 Å². The fourth-order valence-corrected chi connectivity index (χ4v) is 0.663. The van der Waals surface area contributed by atoms with Crippen molar-refractivity contribution in [3.63, 3.8) is 0 Å². The van der Waals surface area contributed by atoms with Crippen molar-refractivity contribution < 1.29 is 18.4 Å². The number of rotatable bonds is 3. The zero-order valence-electron chi connectivity index (χ0n) is 6.18. The van der Waals surface area contributed by atoms with Crippen LogP contribution in [0.1, 0.15) is 0 Å². The van der Waals surface area contributed by atoms with Crippen LogP contribution in [0.5, 0.6) is 5.88 Å². The van der Waals surface area contributed by atoms with Crippen LogP contribution in [-0.2, 0) is 0 Å². The second kappa shape index (κ2) is 3.74. The van der Waals surface area contributed by atoms with Crippen molar-refractivity contribution in [2.24, 2.45) is 0 Å². The van der Waals surface area contributed by atoms with E-state index in [4.69, 9.17) is 0 Å². The van der Waals surface area contributed by atoms with Crippen molar-refractivity contribution in [1.82, 2.24) is 4.98 Å². The summed E-state index contributed by atoms with van der Waals surface area (Å²) >= 11 is 0. The average molecular weight is 190 g/mol. The van der Waals surface area contributed by atoms with Crippen LogP contribution in [0.3, 0.4) is 0 Å². The van der Waals surface area contributed by atoms with Gasteiger partial charge in [-0.05, 0) is 11.0 Å². The topological polar surface area (TPSA) is 65.3 Å². The Bertz CT molecular complexity index is 319. The highest BCUT2D eigenvalue weighted by Gasteiger charge is 2.13. The first-order valence-corrected chi connectivity index (χ1v) is 3.16. The molecule has 0 spiro atoms. The molecule has 0 atom stereocenters. The van der Waals surface area contributed by atoms with E-state index in [1.807, 2.05) is 0 Å². The van der Waals surface area contributed by atoms with Gasteiger partial charge in [-0.15, -0.1) is 0 Å². The molecule has 1 aromatic heterocycles. The third-order valence-corrected chi connectivity index (χ3v) is 1.11. The monoisotopic (exact) mass is 190 g/mol. The molecule has 0 amide bonds. The van der Waals surface area contributed by atoms with E-state index in [0.29, 0.717) is 0 Å². The van der Waals surface area contributed by atoms with E-state index >= 15 is 0 Å². The van der Waals surface area contributed by atoms with Gasteiger partial charge in [0.2, 0.25) is 0 Å². The minimum atomic E-state index is -3.03. The summed E-state index contributed by atoms with van der Waals surface area (Å²) in [5.74, 6) is -0.998. The summed E-state index contributed by atoms with van der Waals surface area (Å²) in [6, 6.07) is 3.40. The maximum Gasteiger partial charge on any atom is 0.390 e. The van der Waals surface area contributed by atoms with Crippen molar-refractivity contribution in [3.05, 3.63) is 28.3 Å². The van der Waals surface area contributed by atoms with E-state index in [2.05, 4.69) is 9.72 Å². The normalized spacial score (nSPS) is 10.1. The van der Waals surface area contributed by atoms with Crippen LogP contribution in [-0.4, -0.2) is 16.5 Å². The number of hydrogen-bond donors (Lipinski definition) is 0. The van der Waals surface area contributed by atoms with Crippen molar-refractivity contribution in [2.75, 3.05) is 0 Å². The molecule has 0 fully saturated rings. The van der Waals surface area contributed by atoms with Crippen LogP contribution in [0.2, 0.25) is 0 Å². The van der Waals surface area contributed by atoms with Gasteiger partial charge >= 0.3 is 18.3 Å². The summed E-state index contributed by atoms with van der Waals surface area (Å²) in [5.41, 5.74) is 0. The molecule has 0 aliphatic carbocycles. The largest absolute Gasteiger partial charge is 0.397 e. The molecule has 0 bridgehead atoms. The maximum absolute atomic E-state index is 11.6. The molecular weight excluding hydrogens is 186 g/mol. The molecule has 1 aromatic rings. The Morgan fingerprint density at radius 3 is 2.77 bits per heavy atom. The summed E-state index contributed by atoms with van der Waals surface area (Å²) < 4.78 is 27.1. The SMILES string of the molecule is O=[N+]([O-])c1cccc(OC(F)F)n1. The third kappa shape index (κ3) is 2.62. The second-order valence-corrected chi connectivity index (χ2v) is 1.97. The number of hydrogen-bond acceptors (Lipinski definition) is 4. The van der Waals surface area contributed by atoms with Crippen molar-refractivity contribution >= 4 is 5.82 Å². The lowest BCUT2D eigenvalue weighted by molar-refractivity contribution is -0.389. The molecule has 0 N–H and O–H groups in total. The minimum Gasteiger partial charge on any atom is -0.397 e. The fourth-order valence-electron chi connectivity index (χ4n) is 0.663. The Labute approximate surface area is 71.1 Å². The first-order chi connectivity index (χ1) is 6.09. The van der Waals surface area contributed by atoms with Gasteiger partial charge in [0.1, 0.15) is 0 Å². The van der Waals surface area contributed by atoms with Crippen LogP contribution in [0, 0.1) is 10.1 Å². The van der Waals surface area contributed by atoms with E-state index < -0.39 is 23.2 Å². The molecule has 0 saturated heterocycles. The highest BCUT2D eigenvalue weighted by molar-refractivity contribution is 5.24. The van der Waals surface area contributed by atoms with Crippen LogP contribution < -0.4 is 4.74 Å². The highest BCUT2D eigenvalue weighted by atomic mass is 19.3. The summed E-state index contributed by atoms with van der Waals surface area (Å²) in [5, 5.41) is 10.1. The number of aromatic nitrogens is 1. The first kappa shape index (κ1) is 9.30. The molecule has 0 unspecified atom stereocenters. The Morgan fingerprint density at radius 1 is 1.54 bits per heavy atom. The van der Waals surface area contributed by atoms with Gasteiger partial charge in [-0.3, -0.25) is 0 Å². The maximum atomic E-state index is 11.6. The molecular formula is C6H4F2N2O3. The van der Waals surface area contributed by atoms with Gasteiger partial charge in [0, 0.05) is 17.1 Å². The van der Waals surface area contributed by atoms with Gasteiger partial charge in [0.25, 0.3) is 0 Å². The average Bonchev–Trinajstić information content (AvgIpc) is 2.03. The first-order valence-electron chi connectivity index (χ1n) is 3.16. The fraction of sp³-hybridized carbons (Fsp3) is 0.167. The van der Waals surface area contributed by atoms with E-state index in [1.54, 1.807) is 0 Å². The van der Waals surface area contributed by atoms with Gasteiger partial charge in [-0.25, -0.2) is 0 Å². The predicted octanol–water partition coefficient (Wildman–Crippen LogP) is 1.59. The van der Waals surface area contributed by atoms with Crippen LogP contribution in [0.4, 0.5) is 14.6 Å². The molecule has 7 heteroatoms. The molecule has 0 aliphatic rings. The highest BCUT2D eigenvalue weighted by Crippen LogP contribution is 2.14. The number of alkyl halides is 2. The van der Waals surface area contributed by atoms with Gasteiger partial charge in [-0.1, -0.05) is 0 Å². The number of pyridine rings is 1. The zero-order valence-corrected chi connectivity index (χ0v) is 6.18.